The molecule has 0 bridgehead atoms. The van der Waals surface area contributed by atoms with Gasteiger partial charge in [0.25, 0.3) is 0 Å². The zero-order valence-electron chi connectivity index (χ0n) is 13.3. The Morgan fingerprint density at radius 3 is 2.36 bits per heavy atom. The number of rotatable bonds is 3. The highest BCUT2D eigenvalue weighted by atomic mass is 16.1. The third-order valence-electron chi connectivity index (χ3n) is 4.21. The number of pyridine rings is 1. The molecule has 3 rings (SSSR count). The zero-order valence-corrected chi connectivity index (χ0v) is 13.3. The molecule has 0 amide bonds. The lowest BCUT2D eigenvalue weighted by Gasteiger charge is -2.07. The highest BCUT2D eigenvalue weighted by molar-refractivity contribution is 5.96. The number of carbonyl (C=O) groups is 1. The Labute approximate surface area is 131 Å². The second kappa shape index (κ2) is 5.72. The van der Waals surface area contributed by atoms with Gasteiger partial charge in [0, 0.05) is 17.0 Å². The van der Waals surface area contributed by atoms with Gasteiger partial charge < -0.3 is 0 Å². The van der Waals surface area contributed by atoms with E-state index in [1.165, 1.54) is 10.9 Å². The second-order valence-electron chi connectivity index (χ2n) is 5.92. The molecule has 0 atom stereocenters. The van der Waals surface area contributed by atoms with Crippen molar-refractivity contribution in [3.8, 4) is 0 Å². The van der Waals surface area contributed by atoms with E-state index >= 15 is 0 Å². The first kappa shape index (κ1) is 14.5. The van der Waals surface area contributed by atoms with E-state index in [2.05, 4.69) is 38.1 Å². The average Bonchev–Trinajstić information content (AvgIpc) is 2.50. The molecule has 2 aromatic carbocycles. The number of hydrogen-bond acceptors (Lipinski definition) is 1. The van der Waals surface area contributed by atoms with Crippen LogP contribution < -0.4 is 4.57 Å². The quantitative estimate of drug-likeness (QED) is 0.529. The molecule has 0 saturated heterocycles. The maximum Gasteiger partial charge on any atom is 0.227 e. The largest absolute Gasteiger partial charge is 0.287 e. The van der Waals surface area contributed by atoms with Crippen molar-refractivity contribution < 1.29 is 9.36 Å². The molecule has 0 unspecified atom stereocenters. The smallest absolute Gasteiger partial charge is 0.227 e. The minimum Gasteiger partial charge on any atom is -0.287 e. The number of benzene rings is 2. The maximum atomic E-state index is 12.6. The van der Waals surface area contributed by atoms with Gasteiger partial charge in [-0.25, -0.2) is 0 Å². The molecule has 0 aliphatic rings. The van der Waals surface area contributed by atoms with Gasteiger partial charge in [0.05, 0.1) is 0 Å². The van der Waals surface area contributed by atoms with Crippen LogP contribution in [-0.4, -0.2) is 5.78 Å². The summed E-state index contributed by atoms with van der Waals surface area (Å²) in [7, 11) is 0. The molecule has 0 aliphatic heterocycles. The Hall–Kier alpha value is -2.48. The van der Waals surface area contributed by atoms with Gasteiger partial charge in [0.15, 0.2) is 12.4 Å². The summed E-state index contributed by atoms with van der Waals surface area (Å²) in [5.41, 5.74) is 4.27. The number of Topliss-reactive ketones (excluding diaryl/α,β-unsaturated/α-hetero) is 1. The monoisotopic (exact) mass is 290 g/mol. The van der Waals surface area contributed by atoms with Crippen LogP contribution in [0.3, 0.4) is 0 Å². The van der Waals surface area contributed by atoms with Crippen LogP contribution in [-0.2, 0) is 6.54 Å². The summed E-state index contributed by atoms with van der Waals surface area (Å²) in [5.74, 6) is 0.154. The molecule has 0 saturated carbocycles. The van der Waals surface area contributed by atoms with Crippen molar-refractivity contribution in [3.63, 3.8) is 0 Å². The summed E-state index contributed by atoms with van der Waals surface area (Å²) in [6.45, 7) is 6.50. The molecule has 2 nitrogen and oxygen atoms in total. The Balaban J connectivity index is 1.91. The topological polar surface area (TPSA) is 20.9 Å². The van der Waals surface area contributed by atoms with E-state index in [1.54, 1.807) is 0 Å². The van der Waals surface area contributed by atoms with Gasteiger partial charge >= 0.3 is 0 Å². The van der Waals surface area contributed by atoms with Crippen LogP contribution in [0.5, 0.6) is 0 Å². The van der Waals surface area contributed by atoms with E-state index in [9.17, 15) is 4.79 Å². The van der Waals surface area contributed by atoms with Crippen molar-refractivity contribution in [1.82, 2.24) is 0 Å². The van der Waals surface area contributed by atoms with Crippen molar-refractivity contribution in [1.29, 1.82) is 0 Å². The summed E-state index contributed by atoms with van der Waals surface area (Å²) >= 11 is 0. The van der Waals surface area contributed by atoms with E-state index in [1.807, 2.05) is 42.1 Å². The van der Waals surface area contributed by atoms with Gasteiger partial charge in [-0.05, 0) is 55.0 Å². The van der Waals surface area contributed by atoms with Crippen molar-refractivity contribution in [2.24, 2.45) is 0 Å². The molecule has 0 radical (unpaired) electrons. The van der Waals surface area contributed by atoms with Crippen LogP contribution in [0.2, 0.25) is 0 Å². The van der Waals surface area contributed by atoms with E-state index in [0.717, 1.165) is 22.1 Å². The lowest BCUT2D eigenvalue weighted by Crippen LogP contribution is -2.37. The van der Waals surface area contributed by atoms with E-state index in [0.29, 0.717) is 6.54 Å². The zero-order chi connectivity index (χ0) is 15.7. The van der Waals surface area contributed by atoms with Crippen LogP contribution in [0.15, 0.2) is 54.9 Å². The summed E-state index contributed by atoms with van der Waals surface area (Å²) < 4.78 is 1.96. The van der Waals surface area contributed by atoms with E-state index in [-0.39, 0.29) is 5.78 Å². The van der Waals surface area contributed by atoms with Gasteiger partial charge in [0.2, 0.25) is 12.3 Å². The summed E-state index contributed by atoms with van der Waals surface area (Å²) in [5, 5.41) is 2.34. The Morgan fingerprint density at radius 2 is 1.59 bits per heavy atom. The van der Waals surface area contributed by atoms with Crippen molar-refractivity contribution in [2.75, 3.05) is 0 Å². The van der Waals surface area contributed by atoms with E-state index in [4.69, 9.17) is 0 Å². The number of hydrogen-bond donors (Lipinski definition) is 0. The third kappa shape index (κ3) is 2.77. The molecule has 0 fully saturated rings. The van der Waals surface area contributed by atoms with Crippen molar-refractivity contribution >= 4 is 16.6 Å². The fourth-order valence-electron chi connectivity index (χ4n) is 2.79. The first-order valence-corrected chi connectivity index (χ1v) is 7.53. The van der Waals surface area contributed by atoms with Crippen LogP contribution in [0.25, 0.3) is 10.8 Å². The predicted molar refractivity (Wildman–Crippen MR) is 89.1 cm³/mol. The molecule has 0 aliphatic carbocycles. The molecule has 1 aromatic heterocycles. The van der Waals surface area contributed by atoms with E-state index < -0.39 is 0 Å². The van der Waals surface area contributed by atoms with Crippen molar-refractivity contribution in [3.05, 3.63) is 77.1 Å². The number of nitrogens with zero attached hydrogens (tertiary/aromatic N) is 1. The standard InChI is InChI=1S/C20H20NO/c1-14-10-16(3)19(11-15(14)2)20(22)13-21-9-8-17-6-4-5-7-18(17)12-21/h4-12H,13H2,1-3H3/q+1. The Bertz CT molecular complexity index is 865. The first-order chi connectivity index (χ1) is 10.5. The van der Waals surface area contributed by atoms with Crippen LogP contribution in [0.4, 0.5) is 0 Å². The molecule has 0 N–H and O–H groups in total. The number of ketones is 1. The summed E-state index contributed by atoms with van der Waals surface area (Å²) in [6.07, 6.45) is 4.00. The molecule has 1 heterocycles. The fourth-order valence-corrected chi connectivity index (χ4v) is 2.79. The van der Waals surface area contributed by atoms with Gasteiger partial charge in [-0.15, -0.1) is 0 Å². The van der Waals surface area contributed by atoms with Gasteiger partial charge in [-0.2, -0.15) is 4.57 Å². The van der Waals surface area contributed by atoms with Gasteiger partial charge in [-0.1, -0.05) is 24.3 Å². The highest BCUT2D eigenvalue weighted by Gasteiger charge is 2.15. The summed E-state index contributed by atoms with van der Waals surface area (Å²) in [6, 6.07) is 14.3. The number of aromatic nitrogens is 1. The lowest BCUT2D eigenvalue weighted by atomic mass is 9.98. The fraction of sp³-hybridized carbons (Fsp3) is 0.200. The number of fused-ring (bicyclic) bond motifs is 1. The predicted octanol–water partition coefficient (Wildman–Crippen LogP) is 3.94. The SMILES string of the molecule is Cc1cc(C)c(C(=O)C[n+]2ccc3ccccc3c2)cc1C. The minimum absolute atomic E-state index is 0.154. The van der Waals surface area contributed by atoms with Crippen LogP contribution in [0.1, 0.15) is 27.0 Å². The normalized spacial score (nSPS) is 10.9. The van der Waals surface area contributed by atoms with Crippen LogP contribution in [0, 0.1) is 20.8 Å². The molecular formula is C20H20NO+. The van der Waals surface area contributed by atoms with Crippen LogP contribution >= 0.6 is 0 Å². The number of carbonyl (C=O) groups excluding carboxylic acids is 1. The Morgan fingerprint density at radius 1 is 0.909 bits per heavy atom. The molecule has 0 spiro atoms. The second-order valence-corrected chi connectivity index (χ2v) is 5.92. The molecular weight excluding hydrogens is 270 g/mol. The van der Waals surface area contributed by atoms with Gasteiger partial charge in [0.1, 0.15) is 0 Å². The third-order valence-corrected chi connectivity index (χ3v) is 4.21. The first-order valence-electron chi connectivity index (χ1n) is 7.53. The molecule has 3 aromatic rings. The highest BCUT2D eigenvalue weighted by Crippen LogP contribution is 2.16. The Kier molecular flexibility index (Phi) is 3.76. The summed E-state index contributed by atoms with van der Waals surface area (Å²) in [4.78, 5) is 12.6. The average molecular weight is 290 g/mol. The maximum absolute atomic E-state index is 12.6. The van der Waals surface area contributed by atoms with Gasteiger partial charge in [-0.3, -0.25) is 4.79 Å². The molecule has 2 heteroatoms. The molecule has 110 valence electrons. The minimum atomic E-state index is 0.154. The van der Waals surface area contributed by atoms with Crippen molar-refractivity contribution in [2.45, 2.75) is 27.3 Å². The lowest BCUT2D eigenvalue weighted by molar-refractivity contribution is -0.681. The number of aryl methyl sites for hydroxylation is 3. The molecule has 22 heavy (non-hydrogen) atoms.